The number of anilines is 1. The number of nitrogens with zero attached hydrogens (tertiary/aromatic N) is 4. The van der Waals surface area contributed by atoms with E-state index in [1.807, 2.05) is 24.4 Å². The van der Waals surface area contributed by atoms with Crippen LogP contribution in [0, 0.1) is 0 Å². The fourth-order valence-electron chi connectivity index (χ4n) is 2.20. The number of aromatic nitrogens is 5. The number of hydrogen-bond donors (Lipinski definition) is 2. The van der Waals surface area contributed by atoms with Crippen molar-refractivity contribution in [3.8, 4) is 0 Å². The van der Waals surface area contributed by atoms with Crippen molar-refractivity contribution in [1.29, 1.82) is 0 Å². The molecule has 6 nitrogen and oxygen atoms in total. The number of imidazole rings is 1. The molecule has 0 saturated carbocycles. The van der Waals surface area contributed by atoms with E-state index >= 15 is 0 Å². The van der Waals surface area contributed by atoms with E-state index in [1.54, 1.807) is 24.3 Å². The molecule has 0 saturated heterocycles. The van der Waals surface area contributed by atoms with E-state index < -0.39 is 0 Å². The largest absolute Gasteiger partial charge is 0.398 e. The van der Waals surface area contributed by atoms with Gasteiger partial charge in [-0.05, 0) is 18.2 Å². The Hall–Kier alpha value is -2.67. The molecule has 3 aromatic heterocycles. The number of nitrogens with two attached hydrogens (primary N) is 1. The summed E-state index contributed by atoms with van der Waals surface area (Å²) in [5.74, 6) is 0. The van der Waals surface area contributed by atoms with Gasteiger partial charge in [0.2, 0.25) is 0 Å². The monoisotopic (exact) mass is 294 g/mol. The van der Waals surface area contributed by atoms with Gasteiger partial charge in [-0.1, -0.05) is 11.8 Å². The number of pyridine rings is 1. The zero-order chi connectivity index (χ0) is 14.2. The first-order chi connectivity index (χ1) is 10.3. The minimum atomic E-state index is 0.658. The van der Waals surface area contributed by atoms with Gasteiger partial charge >= 0.3 is 0 Å². The summed E-state index contributed by atoms with van der Waals surface area (Å²) in [6.45, 7) is 0. The second-order valence-electron chi connectivity index (χ2n) is 4.46. The second kappa shape index (κ2) is 4.71. The van der Waals surface area contributed by atoms with E-state index in [0.29, 0.717) is 5.65 Å². The molecule has 4 aromatic rings. The van der Waals surface area contributed by atoms with Crippen LogP contribution in [0.2, 0.25) is 0 Å². The minimum absolute atomic E-state index is 0.658. The lowest BCUT2D eigenvalue weighted by Crippen LogP contribution is -1.90. The van der Waals surface area contributed by atoms with Crippen molar-refractivity contribution in [1.82, 2.24) is 24.9 Å². The highest BCUT2D eigenvalue weighted by Gasteiger charge is 2.11. The molecule has 0 unspecified atom stereocenters. The molecule has 0 radical (unpaired) electrons. The highest BCUT2D eigenvalue weighted by atomic mass is 32.2. The average Bonchev–Trinajstić information content (AvgIpc) is 3.00. The summed E-state index contributed by atoms with van der Waals surface area (Å²) in [4.78, 5) is 20.9. The van der Waals surface area contributed by atoms with Crippen molar-refractivity contribution in [3.63, 3.8) is 0 Å². The van der Waals surface area contributed by atoms with E-state index in [-0.39, 0.29) is 0 Å². The smallest absolute Gasteiger partial charge is 0.181 e. The van der Waals surface area contributed by atoms with Gasteiger partial charge in [0.25, 0.3) is 0 Å². The molecule has 7 heteroatoms. The summed E-state index contributed by atoms with van der Waals surface area (Å²) in [6, 6.07) is 5.80. The Morgan fingerprint density at radius 1 is 1.05 bits per heavy atom. The molecule has 0 bridgehead atoms. The van der Waals surface area contributed by atoms with Gasteiger partial charge < -0.3 is 10.7 Å². The van der Waals surface area contributed by atoms with Gasteiger partial charge in [-0.2, -0.15) is 0 Å². The van der Waals surface area contributed by atoms with Crippen LogP contribution >= 0.6 is 11.8 Å². The molecular formula is C14H10N6S. The van der Waals surface area contributed by atoms with Gasteiger partial charge in [0.15, 0.2) is 5.65 Å². The maximum Gasteiger partial charge on any atom is 0.181 e. The molecule has 3 heterocycles. The van der Waals surface area contributed by atoms with Crippen molar-refractivity contribution in [2.45, 2.75) is 9.92 Å². The summed E-state index contributed by atoms with van der Waals surface area (Å²) in [5, 5.41) is 2.83. The Kier molecular flexibility index (Phi) is 2.71. The summed E-state index contributed by atoms with van der Waals surface area (Å²) < 4.78 is 0. The fourth-order valence-corrected chi connectivity index (χ4v) is 3.17. The van der Waals surface area contributed by atoms with Crippen LogP contribution in [0.15, 0.2) is 53.2 Å². The van der Waals surface area contributed by atoms with Crippen LogP contribution in [0.5, 0.6) is 0 Å². The number of fused-ring (bicyclic) bond motifs is 2. The van der Waals surface area contributed by atoms with Gasteiger partial charge in [-0.3, -0.25) is 4.98 Å². The van der Waals surface area contributed by atoms with Crippen LogP contribution in [0.1, 0.15) is 0 Å². The Morgan fingerprint density at radius 2 is 2.00 bits per heavy atom. The van der Waals surface area contributed by atoms with Crippen molar-refractivity contribution >= 4 is 39.4 Å². The molecule has 0 atom stereocenters. The highest BCUT2D eigenvalue weighted by Crippen LogP contribution is 2.36. The number of H-pyrrole nitrogens is 1. The Bertz CT molecular complexity index is 948. The van der Waals surface area contributed by atoms with Crippen LogP contribution in [0.3, 0.4) is 0 Å². The number of benzene rings is 1. The highest BCUT2D eigenvalue weighted by molar-refractivity contribution is 7.99. The predicted molar refractivity (Wildman–Crippen MR) is 82.0 cm³/mol. The minimum Gasteiger partial charge on any atom is -0.398 e. The first-order valence-corrected chi connectivity index (χ1v) is 7.09. The Morgan fingerprint density at radius 3 is 2.95 bits per heavy atom. The van der Waals surface area contributed by atoms with Gasteiger partial charge in [0.05, 0.1) is 6.33 Å². The number of hydrogen-bond acceptors (Lipinski definition) is 6. The van der Waals surface area contributed by atoms with Crippen LogP contribution < -0.4 is 5.73 Å². The normalized spacial score (nSPS) is 11.2. The number of nitrogens with one attached hydrogen (secondary N) is 1. The molecule has 0 aliphatic carbocycles. The molecule has 0 fully saturated rings. The SMILES string of the molecule is Nc1ccc(Sc2ncnc3nc[nH]c23)c2cnccc12. The van der Waals surface area contributed by atoms with Gasteiger partial charge in [-0.25, -0.2) is 15.0 Å². The first kappa shape index (κ1) is 12.1. The van der Waals surface area contributed by atoms with Crippen LogP contribution in [0.4, 0.5) is 5.69 Å². The lowest BCUT2D eigenvalue weighted by Gasteiger charge is -2.07. The van der Waals surface area contributed by atoms with Crippen LogP contribution in [0.25, 0.3) is 21.9 Å². The second-order valence-corrected chi connectivity index (χ2v) is 5.49. The van der Waals surface area contributed by atoms with Crippen molar-refractivity contribution in [3.05, 3.63) is 43.2 Å². The predicted octanol–water partition coefficient (Wildman–Crippen LogP) is 2.63. The molecule has 3 N–H and O–H groups in total. The fraction of sp³-hybridized carbons (Fsp3) is 0. The molecule has 21 heavy (non-hydrogen) atoms. The van der Waals surface area contributed by atoms with E-state index in [2.05, 4.69) is 24.9 Å². The van der Waals surface area contributed by atoms with Crippen molar-refractivity contribution in [2.24, 2.45) is 0 Å². The first-order valence-electron chi connectivity index (χ1n) is 6.27. The zero-order valence-electron chi connectivity index (χ0n) is 10.8. The maximum atomic E-state index is 6.01. The molecule has 0 aliphatic rings. The third kappa shape index (κ3) is 1.98. The maximum absolute atomic E-state index is 6.01. The quantitative estimate of drug-likeness (QED) is 0.436. The number of nitrogen functional groups attached to an aromatic ring is 1. The molecule has 102 valence electrons. The third-order valence-electron chi connectivity index (χ3n) is 3.21. The standard InChI is InChI=1S/C14H10N6S/c15-10-1-2-11(9-5-16-4-3-8(9)10)21-14-12-13(18-6-17-12)19-7-20-14/h1-7H,15H2,(H,17,18,19,20). The topological polar surface area (TPSA) is 93.4 Å². The van der Waals surface area contributed by atoms with E-state index in [0.717, 1.165) is 31.9 Å². The van der Waals surface area contributed by atoms with Gasteiger partial charge in [-0.15, -0.1) is 0 Å². The molecule has 4 rings (SSSR count). The van der Waals surface area contributed by atoms with E-state index in [1.165, 1.54) is 6.33 Å². The van der Waals surface area contributed by atoms with Crippen molar-refractivity contribution in [2.75, 3.05) is 5.73 Å². The zero-order valence-corrected chi connectivity index (χ0v) is 11.6. The van der Waals surface area contributed by atoms with Crippen molar-refractivity contribution < 1.29 is 0 Å². The lowest BCUT2D eigenvalue weighted by atomic mass is 10.1. The molecule has 0 amide bonds. The van der Waals surface area contributed by atoms with E-state index in [9.17, 15) is 0 Å². The van der Waals surface area contributed by atoms with Gasteiger partial charge in [0.1, 0.15) is 16.9 Å². The Balaban J connectivity index is 1.88. The van der Waals surface area contributed by atoms with E-state index in [4.69, 9.17) is 5.73 Å². The van der Waals surface area contributed by atoms with Gasteiger partial charge in [0, 0.05) is 33.7 Å². The van der Waals surface area contributed by atoms with Crippen LogP contribution in [-0.2, 0) is 0 Å². The summed E-state index contributed by atoms with van der Waals surface area (Å²) in [6.07, 6.45) is 6.69. The average molecular weight is 294 g/mol. The lowest BCUT2D eigenvalue weighted by molar-refractivity contribution is 1.09. The summed E-state index contributed by atoms with van der Waals surface area (Å²) in [5.41, 5.74) is 8.24. The number of aromatic amines is 1. The molecule has 0 aliphatic heterocycles. The summed E-state index contributed by atoms with van der Waals surface area (Å²) >= 11 is 1.54. The third-order valence-corrected chi connectivity index (χ3v) is 4.29. The molecule has 0 spiro atoms. The molecular weight excluding hydrogens is 284 g/mol. The molecule has 1 aromatic carbocycles. The summed E-state index contributed by atoms with van der Waals surface area (Å²) in [7, 11) is 0. The number of rotatable bonds is 2. The van der Waals surface area contributed by atoms with Crippen LogP contribution in [-0.4, -0.2) is 24.9 Å². The Labute approximate surface area is 123 Å².